The largest absolute Gasteiger partial charge is 0.264 e. The van der Waals surface area contributed by atoms with Crippen molar-refractivity contribution in [2.75, 3.05) is 0 Å². The Labute approximate surface area is 94.1 Å². The molecule has 15 heavy (non-hydrogen) atoms. The minimum Gasteiger partial charge on any atom is -0.264 e. The number of hydrogen-bond donors (Lipinski definition) is 0. The van der Waals surface area contributed by atoms with Gasteiger partial charge in [0.15, 0.2) is 0 Å². The fourth-order valence-electron chi connectivity index (χ4n) is 1.43. The van der Waals surface area contributed by atoms with E-state index in [-0.39, 0.29) is 0 Å². The third kappa shape index (κ3) is 2.54. The van der Waals surface area contributed by atoms with E-state index in [1.165, 1.54) is 20.9 Å². The van der Waals surface area contributed by atoms with Crippen LogP contribution in [0.3, 0.4) is 0 Å². The highest BCUT2D eigenvalue weighted by atomic mass is 32.1. The number of allylic oxidation sites excluding steroid dienone is 1. The Hall–Kier alpha value is -1.41. The van der Waals surface area contributed by atoms with Crippen molar-refractivity contribution in [1.82, 2.24) is 4.98 Å². The van der Waals surface area contributed by atoms with E-state index >= 15 is 0 Å². The molecule has 0 fully saturated rings. The molecule has 0 radical (unpaired) electrons. The molecule has 0 amide bonds. The SMILES string of the molecule is C=C(C)Cc1ccc(-c2cccnc2)s1. The van der Waals surface area contributed by atoms with Gasteiger partial charge in [-0.15, -0.1) is 11.3 Å². The van der Waals surface area contributed by atoms with E-state index in [4.69, 9.17) is 0 Å². The standard InChI is InChI=1S/C13H13NS/c1-10(2)8-12-5-6-13(15-12)11-4-3-7-14-9-11/h3-7,9H,1,8H2,2H3. The zero-order valence-electron chi connectivity index (χ0n) is 8.73. The molecule has 2 heterocycles. The van der Waals surface area contributed by atoms with Gasteiger partial charge < -0.3 is 0 Å². The van der Waals surface area contributed by atoms with E-state index in [0.29, 0.717) is 0 Å². The fraction of sp³-hybridized carbons (Fsp3) is 0.154. The van der Waals surface area contributed by atoms with Crippen molar-refractivity contribution in [3.05, 3.63) is 53.7 Å². The second-order valence-electron chi connectivity index (χ2n) is 3.64. The van der Waals surface area contributed by atoms with Crippen LogP contribution in [0, 0.1) is 0 Å². The summed E-state index contributed by atoms with van der Waals surface area (Å²) >= 11 is 1.81. The molecule has 0 spiro atoms. The summed E-state index contributed by atoms with van der Waals surface area (Å²) in [5.41, 5.74) is 2.39. The summed E-state index contributed by atoms with van der Waals surface area (Å²) in [6.45, 7) is 5.99. The maximum Gasteiger partial charge on any atom is 0.0361 e. The van der Waals surface area contributed by atoms with E-state index in [1.54, 1.807) is 6.20 Å². The van der Waals surface area contributed by atoms with Crippen molar-refractivity contribution < 1.29 is 0 Å². The maximum absolute atomic E-state index is 4.12. The third-order valence-corrected chi connectivity index (χ3v) is 3.22. The molecule has 1 nitrogen and oxygen atoms in total. The minimum absolute atomic E-state index is 0.977. The molecule has 2 rings (SSSR count). The molecule has 0 saturated carbocycles. The summed E-state index contributed by atoms with van der Waals surface area (Å²) in [5, 5.41) is 0. The fourth-order valence-corrected chi connectivity index (χ4v) is 2.55. The summed E-state index contributed by atoms with van der Waals surface area (Å²) in [4.78, 5) is 6.76. The van der Waals surface area contributed by atoms with E-state index in [1.807, 2.05) is 23.6 Å². The van der Waals surface area contributed by atoms with E-state index < -0.39 is 0 Å². The minimum atomic E-state index is 0.977. The molecule has 0 saturated heterocycles. The molecule has 2 aromatic heterocycles. The lowest BCUT2D eigenvalue weighted by atomic mass is 10.2. The summed E-state index contributed by atoms with van der Waals surface area (Å²) in [6.07, 6.45) is 4.67. The second kappa shape index (κ2) is 4.41. The maximum atomic E-state index is 4.12. The summed E-state index contributed by atoms with van der Waals surface area (Å²) in [7, 11) is 0. The number of pyridine rings is 1. The van der Waals surface area contributed by atoms with Gasteiger partial charge in [0.2, 0.25) is 0 Å². The molecule has 0 N–H and O–H groups in total. The smallest absolute Gasteiger partial charge is 0.0361 e. The Bertz CT molecular complexity index is 456. The first-order valence-corrected chi connectivity index (χ1v) is 5.71. The lowest BCUT2D eigenvalue weighted by molar-refractivity contribution is 1.20. The van der Waals surface area contributed by atoms with Crippen LogP contribution in [0.5, 0.6) is 0 Å². The van der Waals surface area contributed by atoms with Crippen LogP contribution >= 0.6 is 11.3 Å². The normalized spacial score (nSPS) is 10.2. The molecule has 2 aromatic rings. The Morgan fingerprint density at radius 1 is 1.40 bits per heavy atom. The molecular weight excluding hydrogens is 202 g/mol. The number of aromatic nitrogens is 1. The van der Waals surface area contributed by atoms with E-state index in [2.05, 4.69) is 36.7 Å². The van der Waals surface area contributed by atoms with Gasteiger partial charge in [-0.25, -0.2) is 0 Å². The van der Waals surface area contributed by atoms with Gasteiger partial charge >= 0.3 is 0 Å². The van der Waals surface area contributed by atoms with E-state index in [9.17, 15) is 0 Å². The highest BCUT2D eigenvalue weighted by Crippen LogP contribution is 2.28. The first-order valence-electron chi connectivity index (χ1n) is 4.89. The van der Waals surface area contributed by atoms with Crippen LogP contribution in [-0.2, 0) is 6.42 Å². The quantitative estimate of drug-likeness (QED) is 0.707. The van der Waals surface area contributed by atoms with Crippen molar-refractivity contribution in [3.63, 3.8) is 0 Å². The average Bonchev–Trinajstić information content (AvgIpc) is 2.67. The van der Waals surface area contributed by atoms with Crippen molar-refractivity contribution in [2.45, 2.75) is 13.3 Å². The Morgan fingerprint density at radius 3 is 2.93 bits per heavy atom. The lowest BCUT2D eigenvalue weighted by Gasteiger charge is -1.95. The van der Waals surface area contributed by atoms with Crippen LogP contribution in [0.15, 0.2) is 48.8 Å². The van der Waals surface area contributed by atoms with Gasteiger partial charge in [-0.3, -0.25) is 4.98 Å². The molecule has 0 aliphatic rings. The first-order chi connectivity index (χ1) is 7.25. The predicted molar refractivity (Wildman–Crippen MR) is 66.1 cm³/mol. The van der Waals surface area contributed by atoms with Crippen LogP contribution in [0.1, 0.15) is 11.8 Å². The monoisotopic (exact) mass is 215 g/mol. The van der Waals surface area contributed by atoms with Gasteiger partial charge in [0, 0.05) is 34.1 Å². The average molecular weight is 215 g/mol. The molecule has 2 heteroatoms. The highest BCUT2D eigenvalue weighted by molar-refractivity contribution is 7.15. The number of rotatable bonds is 3. The number of nitrogens with zero attached hydrogens (tertiary/aromatic N) is 1. The Morgan fingerprint density at radius 2 is 2.27 bits per heavy atom. The van der Waals surface area contributed by atoms with Gasteiger partial charge in [-0.05, 0) is 25.1 Å². The predicted octanol–water partition coefficient (Wildman–Crippen LogP) is 3.93. The Balaban J connectivity index is 2.24. The summed E-state index contributed by atoms with van der Waals surface area (Å²) in [5.74, 6) is 0. The van der Waals surface area contributed by atoms with Crippen LogP contribution < -0.4 is 0 Å². The number of hydrogen-bond acceptors (Lipinski definition) is 2. The van der Waals surface area contributed by atoms with Gasteiger partial charge in [0.25, 0.3) is 0 Å². The van der Waals surface area contributed by atoms with Crippen molar-refractivity contribution >= 4 is 11.3 Å². The molecule has 0 aliphatic heterocycles. The van der Waals surface area contributed by atoms with Crippen molar-refractivity contribution in [3.8, 4) is 10.4 Å². The highest BCUT2D eigenvalue weighted by Gasteiger charge is 2.02. The first kappa shape index (κ1) is 10.1. The van der Waals surface area contributed by atoms with Crippen molar-refractivity contribution in [2.24, 2.45) is 0 Å². The summed E-state index contributed by atoms with van der Waals surface area (Å²) in [6, 6.07) is 8.37. The van der Waals surface area contributed by atoms with E-state index in [0.717, 1.165) is 6.42 Å². The topological polar surface area (TPSA) is 12.9 Å². The van der Waals surface area contributed by atoms with Gasteiger partial charge in [0.1, 0.15) is 0 Å². The molecule has 0 aliphatic carbocycles. The van der Waals surface area contributed by atoms with Gasteiger partial charge in [-0.1, -0.05) is 18.2 Å². The lowest BCUT2D eigenvalue weighted by Crippen LogP contribution is -1.77. The molecule has 0 bridgehead atoms. The van der Waals surface area contributed by atoms with Gasteiger partial charge in [0.05, 0.1) is 0 Å². The third-order valence-electron chi connectivity index (χ3n) is 2.08. The van der Waals surface area contributed by atoms with Crippen LogP contribution in [0.4, 0.5) is 0 Å². The summed E-state index contributed by atoms with van der Waals surface area (Å²) < 4.78 is 0. The molecule has 76 valence electrons. The molecule has 0 aromatic carbocycles. The molecule has 0 atom stereocenters. The Kier molecular flexibility index (Phi) is 2.97. The zero-order valence-corrected chi connectivity index (χ0v) is 9.55. The molecule has 0 unspecified atom stereocenters. The van der Waals surface area contributed by atoms with Crippen molar-refractivity contribution in [1.29, 1.82) is 0 Å². The van der Waals surface area contributed by atoms with Gasteiger partial charge in [-0.2, -0.15) is 0 Å². The van der Waals surface area contributed by atoms with Crippen LogP contribution in [0.25, 0.3) is 10.4 Å². The second-order valence-corrected chi connectivity index (χ2v) is 4.81. The van der Waals surface area contributed by atoms with Crippen LogP contribution in [-0.4, -0.2) is 4.98 Å². The zero-order chi connectivity index (χ0) is 10.7. The molecular formula is C13H13NS. The number of thiophene rings is 1. The van der Waals surface area contributed by atoms with Crippen LogP contribution in [0.2, 0.25) is 0 Å².